The molecule has 0 fully saturated rings. The smallest absolute Gasteiger partial charge is 0.414 e. The van der Waals surface area contributed by atoms with E-state index in [1.807, 2.05) is 60.7 Å². The summed E-state index contributed by atoms with van der Waals surface area (Å²) in [5.41, 5.74) is 1.26. The average Bonchev–Trinajstić information content (AvgIpc) is 3.17. The Morgan fingerprint density at radius 1 is 1.00 bits per heavy atom. The molecule has 27 heavy (non-hydrogen) atoms. The number of aliphatic imine (C=N–C) groups is 1. The van der Waals surface area contributed by atoms with E-state index in [0.717, 1.165) is 11.1 Å². The number of H-pyrrole nitrogens is 1. The minimum absolute atomic E-state index is 0.0575. The van der Waals surface area contributed by atoms with Gasteiger partial charge in [-0.05, 0) is 11.1 Å². The van der Waals surface area contributed by atoms with Gasteiger partial charge in [-0.15, -0.1) is 0 Å². The van der Waals surface area contributed by atoms with Gasteiger partial charge in [-0.3, -0.25) is 15.1 Å². The number of amides is 1. The minimum Gasteiger partial charge on any atom is -0.436 e. The Balaban J connectivity index is 1.56. The van der Waals surface area contributed by atoms with Gasteiger partial charge in [0.25, 0.3) is 5.56 Å². The number of nitrogens with one attached hydrogen (secondary N) is 2. The van der Waals surface area contributed by atoms with Crippen molar-refractivity contribution < 1.29 is 9.53 Å². The van der Waals surface area contributed by atoms with Crippen LogP contribution in [-0.4, -0.2) is 22.4 Å². The molecular weight excluding hydrogens is 346 g/mol. The van der Waals surface area contributed by atoms with E-state index in [0.29, 0.717) is 0 Å². The Kier molecular flexibility index (Phi) is 4.36. The second-order valence-corrected chi connectivity index (χ2v) is 5.69. The van der Waals surface area contributed by atoms with Crippen LogP contribution < -0.4 is 16.2 Å². The molecule has 0 spiro atoms. The van der Waals surface area contributed by atoms with Gasteiger partial charge in [0, 0.05) is 0 Å². The second-order valence-electron chi connectivity index (χ2n) is 5.69. The van der Waals surface area contributed by atoms with E-state index in [-0.39, 0.29) is 17.5 Å². The highest BCUT2D eigenvalue weighted by Crippen LogP contribution is 2.26. The number of aromatic nitrogens is 2. The maximum absolute atomic E-state index is 12.4. The van der Waals surface area contributed by atoms with Crippen LogP contribution in [0.4, 0.5) is 22.2 Å². The normalized spacial score (nSPS) is 11.7. The molecule has 0 unspecified atom stereocenters. The van der Waals surface area contributed by atoms with Crippen LogP contribution >= 0.6 is 0 Å². The van der Waals surface area contributed by atoms with Crippen molar-refractivity contribution in [2.75, 3.05) is 5.32 Å². The molecule has 0 atom stereocenters. The number of carbonyl (C=O) groups excluding carboxylic acids is 1. The molecular formula is C19H14N5O3. The molecule has 1 aromatic heterocycles. The Labute approximate surface area is 154 Å². The highest BCUT2D eigenvalue weighted by Gasteiger charge is 2.21. The molecule has 8 nitrogen and oxygen atoms in total. The molecule has 133 valence electrons. The van der Waals surface area contributed by atoms with Gasteiger partial charge in [0.1, 0.15) is 6.34 Å². The first-order chi connectivity index (χ1) is 13.2. The van der Waals surface area contributed by atoms with Crippen molar-refractivity contribution in [3.63, 3.8) is 0 Å². The standard InChI is InChI=1S/C19H14N5O3/c25-17-14-16(21-11-20-14)22-18(23-17)24-19(26)27-15(12-7-3-1-4-8-12)13-9-5-2-6-10-13/h1-11,15H,(H2,22,23,24,25,26). The van der Waals surface area contributed by atoms with Crippen molar-refractivity contribution in [2.45, 2.75) is 6.10 Å². The number of anilines is 1. The van der Waals surface area contributed by atoms with Gasteiger partial charge in [0.15, 0.2) is 17.6 Å². The van der Waals surface area contributed by atoms with Crippen LogP contribution in [0.2, 0.25) is 0 Å². The fraction of sp³-hybridized carbons (Fsp3) is 0.0526. The fourth-order valence-electron chi connectivity index (χ4n) is 2.68. The predicted molar refractivity (Wildman–Crippen MR) is 99.6 cm³/mol. The first-order valence-electron chi connectivity index (χ1n) is 8.16. The minimum atomic E-state index is -0.755. The van der Waals surface area contributed by atoms with Gasteiger partial charge in [-0.25, -0.2) is 15.1 Å². The van der Waals surface area contributed by atoms with E-state index in [1.54, 1.807) is 0 Å². The molecule has 2 N–H and O–H groups in total. The molecule has 0 bridgehead atoms. The summed E-state index contributed by atoms with van der Waals surface area (Å²) in [4.78, 5) is 34.6. The van der Waals surface area contributed by atoms with Crippen LogP contribution in [-0.2, 0) is 4.74 Å². The molecule has 0 saturated heterocycles. The van der Waals surface area contributed by atoms with Gasteiger partial charge in [0.2, 0.25) is 5.95 Å². The quantitative estimate of drug-likeness (QED) is 0.745. The van der Waals surface area contributed by atoms with Gasteiger partial charge in [-0.2, -0.15) is 4.98 Å². The monoisotopic (exact) mass is 360 g/mol. The molecule has 3 aromatic rings. The van der Waals surface area contributed by atoms with Crippen molar-refractivity contribution in [1.82, 2.24) is 15.3 Å². The maximum atomic E-state index is 12.4. The van der Waals surface area contributed by atoms with Gasteiger partial charge < -0.3 is 4.74 Å². The number of nitrogens with zero attached hydrogens (tertiary/aromatic N) is 3. The van der Waals surface area contributed by atoms with E-state index in [1.165, 1.54) is 6.34 Å². The number of fused-ring (bicyclic) bond motifs is 1. The van der Waals surface area contributed by atoms with Gasteiger partial charge in [-0.1, -0.05) is 60.7 Å². The highest BCUT2D eigenvalue weighted by atomic mass is 16.6. The topological polar surface area (TPSA) is 111 Å². The van der Waals surface area contributed by atoms with Crippen molar-refractivity contribution in [3.05, 3.63) is 82.1 Å². The van der Waals surface area contributed by atoms with E-state index in [2.05, 4.69) is 25.6 Å². The third-order valence-electron chi connectivity index (χ3n) is 3.89. The average molecular weight is 360 g/mol. The summed E-state index contributed by atoms with van der Waals surface area (Å²) in [5.74, 6) is 0.0922. The van der Waals surface area contributed by atoms with Crippen LogP contribution in [0.3, 0.4) is 0 Å². The van der Waals surface area contributed by atoms with Crippen LogP contribution in [0, 0.1) is 0 Å². The van der Waals surface area contributed by atoms with E-state index >= 15 is 0 Å². The Morgan fingerprint density at radius 2 is 1.63 bits per heavy atom. The lowest BCUT2D eigenvalue weighted by atomic mass is 10.0. The Bertz CT molecular complexity index is 1010. The lowest BCUT2D eigenvalue weighted by Gasteiger charge is -2.19. The fourth-order valence-corrected chi connectivity index (χ4v) is 2.68. The molecule has 8 heteroatoms. The third-order valence-corrected chi connectivity index (χ3v) is 3.89. The van der Waals surface area contributed by atoms with Crippen molar-refractivity contribution in [3.8, 4) is 0 Å². The summed E-state index contributed by atoms with van der Waals surface area (Å²) >= 11 is 0. The summed E-state index contributed by atoms with van der Waals surface area (Å²) in [6.45, 7) is 0. The van der Waals surface area contributed by atoms with Gasteiger partial charge >= 0.3 is 6.09 Å². The number of aromatic amines is 1. The molecule has 1 amide bonds. The largest absolute Gasteiger partial charge is 0.436 e. The van der Waals surface area contributed by atoms with E-state index in [4.69, 9.17) is 4.74 Å². The first kappa shape index (κ1) is 16.5. The number of hydrogen-bond acceptors (Lipinski definition) is 5. The molecule has 0 aliphatic carbocycles. The van der Waals surface area contributed by atoms with Crippen LogP contribution in [0.1, 0.15) is 17.2 Å². The molecule has 1 aliphatic heterocycles. The van der Waals surface area contributed by atoms with Crippen LogP contribution in [0.25, 0.3) is 0 Å². The lowest BCUT2D eigenvalue weighted by Crippen LogP contribution is -2.21. The number of carbonyl (C=O) groups is 1. The number of rotatable bonds is 4. The summed E-state index contributed by atoms with van der Waals surface area (Å²) < 4.78 is 5.61. The Hall–Kier alpha value is -3.94. The molecule has 2 aromatic carbocycles. The molecule has 0 saturated carbocycles. The number of ether oxygens (including phenoxy) is 1. The van der Waals surface area contributed by atoms with Crippen molar-refractivity contribution in [1.29, 1.82) is 0 Å². The zero-order valence-corrected chi connectivity index (χ0v) is 14.0. The number of benzene rings is 2. The zero-order valence-electron chi connectivity index (χ0n) is 14.0. The van der Waals surface area contributed by atoms with Crippen LogP contribution in [0.5, 0.6) is 0 Å². The maximum Gasteiger partial charge on any atom is 0.414 e. The van der Waals surface area contributed by atoms with Crippen molar-refractivity contribution in [2.24, 2.45) is 4.99 Å². The van der Waals surface area contributed by atoms with Gasteiger partial charge in [0.05, 0.1) is 0 Å². The summed E-state index contributed by atoms with van der Waals surface area (Å²) in [6.07, 6.45) is -0.133. The van der Waals surface area contributed by atoms with E-state index < -0.39 is 17.8 Å². The summed E-state index contributed by atoms with van der Waals surface area (Å²) in [7, 11) is 0. The summed E-state index contributed by atoms with van der Waals surface area (Å²) in [5, 5.41) is 6.31. The highest BCUT2D eigenvalue weighted by molar-refractivity contribution is 5.84. The lowest BCUT2D eigenvalue weighted by molar-refractivity contribution is 0.131. The number of hydrogen-bond donors (Lipinski definition) is 2. The Morgan fingerprint density at radius 3 is 2.26 bits per heavy atom. The van der Waals surface area contributed by atoms with E-state index in [9.17, 15) is 9.59 Å². The zero-order chi connectivity index (χ0) is 18.6. The second kappa shape index (κ2) is 7.12. The first-order valence-corrected chi connectivity index (χ1v) is 8.16. The molecule has 1 aliphatic rings. The molecule has 1 radical (unpaired) electrons. The molecule has 4 rings (SSSR count). The van der Waals surface area contributed by atoms with Crippen LogP contribution in [0.15, 0.2) is 70.5 Å². The third kappa shape index (κ3) is 3.54. The predicted octanol–water partition coefficient (Wildman–Crippen LogP) is 3.02. The SMILES string of the molecule is O=C(Nc1nc2c(c(=O)[nH]1)N=C[N]2)OC(c1ccccc1)c1ccccc1. The summed E-state index contributed by atoms with van der Waals surface area (Å²) in [6, 6.07) is 18.7. The van der Waals surface area contributed by atoms with Crippen molar-refractivity contribution >= 4 is 29.9 Å². The molecule has 2 heterocycles.